The molecule has 8 nitrogen and oxygen atoms in total. The Morgan fingerprint density at radius 2 is 2.13 bits per heavy atom. The summed E-state index contributed by atoms with van der Waals surface area (Å²) >= 11 is 0. The molecule has 4 rings (SSSR count). The summed E-state index contributed by atoms with van der Waals surface area (Å²) in [5.74, 6) is 1.78. The summed E-state index contributed by atoms with van der Waals surface area (Å²) in [7, 11) is 1.63. The molecule has 2 atom stereocenters. The largest absolute Gasteiger partial charge is 0.481 e. The molecule has 2 unspecified atom stereocenters. The molecule has 4 heterocycles. The molecule has 2 aromatic heterocycles. The van der Waals surface area contributed by atoms with Crippen LogP contribution in [0.3, 0.4) is 0 Å². The van der Waals surface area contributed by atoms with E-state index in [9.17, 15) is 5.11 Å². The number of rotatable bonds is 7. The van der Waals surface area contributed by atoms with E-state index in [4.69, 9.17) is 19.3 Å². The van der Waals surface area contributed by atoms with Crippen LogP contribution in [0.4, 0.5) is 0 Å². The molecule has 0 amide bonds. The fourth-order valence-corrected chi connectivity index (χ4v) is 4.65. The van der Waals surface area contributed by atoms with E-state index >= 15 is 0 Å². The van der Waals surface area contributed by atoms with Gasteiger partial charge in [-0.25, -0.2) is 9.67 Å². The molecule has 1 N–H and O–H groups in total. The van der Waals surface area contributed by atoms with Gasteiger partial charge in [0.2, 0.25) is 11.8 Å². The van der Waals surface area contributed by atoms with Gasteiger partial charge in [-0.15, -0.1) is 5.10 Å². The zero-order valence-corrected chi connectivity index (χ0v) is 18.8. The number of piperidine rings is 1. The summed E-state index contributed by atoms with van der Waals surface area (Å²) < 4.78 is 19.3. The predicted molar refractivity (Wildman–Crippen MR) is 117 cm³/mol. The number of ether oxygens (including phenoxy) is 3. The highest BCUT2D eigenvalue weighted by atomic mass is 16.5. The Labute approximate surface area is 184 Å². The maximum atomic E-state index is 9.71. The second kappa shape index (κ2) is 9.97. The van der Waals surface area contributed by atoms with E-state index in [1.807, 2.05) is 24.6 Å². The number of nitrogens with zero attached hydrogens (tertiary/aromatic N) is 4. The first-order chi connectivity index (χ1) is 15.0. The van der Waals surface area contributed by atoms with Gasteiger partial charge in [-0.1, -0.05) is 0 Å². The SMILES string of the molecule is COc1ncc(-n2nc(OCC3CCCN(CC(C)O)C3)c3c2CCOCC3)cc1C. The van der Waals surface area contributed by atoms with Crippen molar-refractivity contribution in [2.75, 3.05) is 46.6 Å². The number of likely N-dealkylation sites (tertiary alicyclic amines) is 1. The van der Waals surface area contributed by atoms with E-state index in [1.165, 1.54) is 0 Å². The molecule has 0 aliphatic carbocycles. The minimum absolute atomic E-state index is 0.298. The van der Waals surface area contributed by atoms with Gasteiger partial charge in [0.25, 0.3) is 0 Å². The minimum Gasteiger partial charge on any atom is -0.481 e. The molecule has 0 radical (unpaired) electrons. The molecular formula is C23H34N4O4. The van der Waals surface area contributed by atoms with Crippen molar-refractivity contribution in [1.29, 1.82) is 0 Å². The van der Waals surface area contributed by atoms with Gasteiger partial charge in [-0.05, 0) is 39.3 Å². The molecule has 0 spiro atoms. The standard InChI is InChI=1S/C23H34N4O4/c1-16-11-19(12-24-22(16)29-3)27-21-7-10-30-9-6-20(21)23(25-27)31-15-18-5-4-8-26(14-18)13-17(2)28/h11-12,17-18,28H,4-10,13-15H2,1-3H3. The second-order valence-electron chi connectivity index (χ2n) is 8.70. The van der Waals surface area contributed by atoms with E-state index in [0.717, 1.165) is 67.8 Å². The van der Waals surface area contributed by atoms with Crippen molar-refractivity contribution in [1.82, 2.24) is 19.7 Å². The third-order valence-electron chi connectivity index (χ3n) is 6.07. The first kappa shape index (κ1) is 22.0. The Hall–Kier alpha value is -2.16. The van der Waals surface area contributed by atoms with Gasteiger partial charge in [-0.2, -0.15) is 0 Å². The molecule has 1 fully saturated rings. The van der Waals surface area contributed by atoms with E-state index in [0.29, 0.717) is 37.5 Å². The fourth-order valence-electron chi connectivity index (χ4n) is 4.65. The number of aliphatic hydroxyl groups is 1. The van der Waals surface area contributed by atoms with Crippen LogP contribution < -0.4 is 9.47 Å². The molecule has 2 aromatic rings. The Balaban J connectivity index is 1.53. The van der Waals surface area contributed by atoms with Crippen LogP contribution in [-0.2, 0) is 17.6 Å². The summed E-state index contributed by atoms with van der Waals surface area (Å²) in [6.45, 7) is 8.56. The zero-order valence-electron chi connectivity index (χ0n) is 18.8. The molecule has 1 saturated heterocycles. The van der Waals surface area contributed by atoms with Gasteiger partial charge >= 0.3 is 0 Å². The van der Waals surface area contributed by atoms with Gasteiger partial charge in [0, 0.05) is 43.0 Å². The normalized spacial score (nSPS) is 20.7. The van der Waals surface area contributed by atoms with Gasteiger partial charge in [0.1, 0.15) is 0 Å². The highest BCUT2D eigenvalue weighted by molar-refractivity contribution is 5.43. The minimum atomic E-state index is -0.298. The number of pyridine rings is 1. The van der Waals surface area contributed by atoms with E-state index in [2.05, 4.69) is 9.88 Å². The maximum Gasteiger partial charge on any atom is 0.236 e. The van der Waals surface area contributed by atoms with Gasteiger partial charge in [0.15, 0.2) is 0 Å². The Morgan fingerprint density at radius 1 is 1.29 bits per heavy atom. The number of aryl methyl sites for hydroxylation is 1. The lowest BCUT2D eigenvalue weighted by molar-refractivity contribution is 0.0786. The summed E-state index contributed by atoms with van der Waals surface area (Å²) in [6.07, 6.45) is 5.37. The quantitative estimate of drug-likeness (QED) is 0.721. The topological polar surface area (TPSA) is 81.9 Å². The van der Waals surface area contributed by atoms with Crippen molar-refractivity contribution in [2.24, 2.45) is 5.92 Å². The Morgan fingerprint density at radius 3 is 2.90 bits per heavy atom. The molecular weight excluding hydrogens is 396 g/mol. The number of hydrogen-bond donors (Lipinski definition) is 1. The number of β-amino-alcohol motifs (C(OH)–C–C–N with tert-alkyl or cyclic N) is 1. The first-order valence-electron chi connectivity index (χ1n) is 11.3. The monoisotopic (exact) mass is 430 g/mol. The van der Waals surface area contributed by atoms with Crippen LogP contribution in [-0.4, -0.2) is 77.4 Å². The summed E-state index contributed by atoms with van der Waals surface area (Å²) in [5, 5.41) is 14.6. The van der Waals surface area contributed by atoms with E-state index in [-0.39, 0.29) is 6.10 Å². The Kier molecular flexibility index (Phi) is 7.09. The van der Waals surface area contributed by atoms with E-state index < -0.39 is 0 Å². The van der Waals surface area contributed by atoms with E-state index in [1.54, 1.807) is 13.3 Å². The Bertz CT molecular complexity index is 883. The number of methoxy groups -OCH3 is 1. The predicted octanol–water partition coefficient (Wildman–Crippen LogP) is 2.17. The lowest BCUT2D eigenvalue weighted by Crippen LogP contribution is -2.41. The van der Waals surface area contributed by atoms with Crippen LogP contribution in [0.25, 0.3) is 5.69 Å². The molecule has 2 aliphatic heterocycles. The van der Waals surface area contributed by atoms with Crippen molar-refractivity contribution in [3.63, 3.8) is 0 Å². The van der Waals surface area contributed by atoms with Crippen molar-refractivity contribution in [3.8, 4) is 17.4 Å². The molecule has 0 bridgehead atoms. The third-order valence-corrected chi connectivity index (χ3v) is 6.07. The number of fused-ring (bicyclic) bond motifs is 1. The summed E-state index contributed by atoms with van der Waals surface area (Å²) in [5.41, 5.74) is 4.16. The molecule has 8 heteroatoms. The molecule has 0 aromatic carbocycles. The number of aromatic nitrogens is 3. The summed E-state index contributed by atoms with van der Waals surface area (Å²) in [6, 6.07) is 2.05. The average molecular weight is 431 g/mol. The van der Waals surface area contributed by atoms with Crippen molar-refractivity contribution >= 4 is 0 Å². The van der Waals surface area contributed by atoms with Crippen LogP contribution in [0.1, 0.15) is 36.6 Å². The highest BCUT2D eigenvalue weighted by Gasteiger charge is 2.25. The van der Waals surface area contributed by atoms with Crippen LogP contribution >= 0.6 is 0 Å². The van der Waals surface area contributed by atoms with Crippen molar-refractivity contribution in [3.05, 3.63) is 29.1 Å². The number of hydrogen-bond acceptors (Lipinski definition) is 7. The smallest absolute Gasteiger partial charge is 0.236 e. The molecule has 31 heavy (non-hydrogen) atoms. The lowest BCUT2D eigenvalue weighted by Gasteiger charge is -2.33. The third kappa shape index (κ3) is 5.19. The lowest BCUT2D eigenvalue weighted by atomic mass is 9.99. The zero-order chi connectivity index (χ0) is 21.8. The fraction of sp³-hybridized carbons (Fsp3) is 0.652. The molecule has 170 valence electrons. The van der Waals surface area contributed by atoms with Crippen LogP contribution in [0, 0.1) is 12.8 Å². The second-order valence-corrected chi connectivity index (χ2v) is 8.70. The number of aliphatic hydroxyl groups excluding tert-OH is 1. The van der Waals surface area contributed by atoms with Crippen molar-refractivity contribution < 1.29 is 19.3 Å². The van der Waals surface area contributed by atoms with Crippen LogP contribution in [0.5, 0.6) is 11.8 Å². The highest BCUT2D eigenvalue weighted by Crippen LogP contribution is 2.29. The maximum absolute atomic E-state index is 9.71. The van der Waals surface area contributed by atoms with Gasteiger partial charge in [-0.3, -0.25) is 0 Å². The van der Waals surface area contributed by atoms with Crippen LogP contribution in [0.15, 0.2) is 12.3 Å². The van der Waals surface area contributed by atoms with Gasteiger partial charge < -0.3 is 24.2 Å². The summed E-state index contributed by atoms with van der Waals surface area (Å²) in [4.78, 5) is 6.76. The van der Waals surface area contributed by atoms with Crippen LogP contribution in [0.2, 0.25) is 0 Å². The molecule has 2 aliphatic rings. The van der Waals surface area contributed by atoms with Crippen molar-refractivity contribution in [2.45, 2.75) is 45.6 Å². The first-order valence-corrected chi connectivity index (χ1v) is 11.3. The average Bonchev–Trinajstić information content (AvgIpc) is 2.92. The molecule has 0 saturated carbocycles. The van der Waals surface area contributed by atoms with Gasteiger partial charge in [0.05, 0.1) is 50.6 Å².